The minimum absolute atomic E-state index is 0.113. The predicted octanol–water partition coefficient (Wildman–Crippen LogP) is 1.90. The first kappa shape index (κ1) is 12.8. The lowest BCUT2D eigenvalue weighted by atomic mass is 10.1. The van der Waals surface area contributed by atoms with Gasteiger partial charge in [0, 0.05) is 12.6 Å². The molecule has 0 bridgehead atoms. The highest BCUT2D eigenvalue weighted by Crippen LogP contribution is 2.45. The van der Waals surface area contributed by atoms with Gasteiger partial charge in [0.2, 0.25) is 5.91 Å². The maximum absolute atomic E-state index is 13.1. The van der Waals surface area contributed by atoms with Crippen molar-refractivity contribution < 1.29 is 13.9 Å². The van der Waals surface area contributed by atoms with Crippen LogP contribution in [-0.2, 0) is 4.79 Å². The van der Waals surface area contributed by atoms with Crippen LogP contribution >= 0.6 is 0 Å². The van der Waals surface area contributed by atoms with Gasteiger partial charge in [0.1, 0.15) is 11.6 Å². The number of carbonyl (C=O) groups excluding carboxylic acids is 1. The highest BCUT2D eigenvalue weighted by Gasteiger charge is 2.48. The average Bonchev–Trinajstić information content (AvgIpc) is 3.14. The molecular formula is C13H17FN2O2. The number of amides is 1. The highest BCUT2D eigenvalue weighted by atomic mass is 19.1. The zero-order chi connectivity index (χ0) is 13.2. The van der Waals surface area contributed by atoms with Gasteiger partial charge in [-0.3, -0.25) is 4.79 Å². The number of anilines is 1. The van der Waals surface area contributed by atoms with Gasteiger partial charge in [-0.05, 0) is 31.9 Å². The summed E-state index contributed by atoms with van der Waals surface area (Å²) in [6, 6.07) is 4.06. The average molecular weight is 252 g/mol. The van der Waals surface area contributed by atoms with E-state index in [1.54, 1.807) is 6.92 Å². The van der Waals surface area contributed by atoms with Crippen LogP contribution in [0.4, 0.5) is 10.1 Å². The van der Waals surface area contributed by atoms with Crippen molar-refractivity contribution in [2.24, 2.45) is 11.1 Å². The van der Waals surface area contributed by atoms with E-state index in [1.807, 2.05) is 0 Å². The van der Waals surface area contributed by atoms with Crippen molar-refractivity contribution in [2.75, 3.05) is 18.5 Å². The fourth-order valence-electron chi connectivity index (χ4n) is 1.80. The van der Waals surface area contributed by atoms with E-state index >= 15 is 0 Å². The Kier molecular flexibility index (Phi) is 3.52. The van der Waals surface area contributed by atoms with Crippen LogP contribution in [0.2, 0.25) is 0 Å². The fraction of sp³-hybridized carbons (Fsp3) is 0.462. The molecule has 0 heterocycles. The van der Waals surface area contributed by atoms with E-state index in [2.05, 4.69) is 5.32 Å². The van der Waals surface area contributed by atoms with Gasteiger partial charge in [0.05, 0.1) is 17.7 Å². The summed E-state index contributed by atoms with van der Waals surface area (Å²) >= 11 is 0. The van der Waals surface area contributed by atoms with Crippen molar-refractivity contribution in [3.05, 3.63) is 24.0 Å². The second-order valence-corrected chi connectivity index (χ2v) is 4.51. The van der Waals surface area contributed by atoms with E-state index < -0.39 is 11.2 Å². The minimum Gasteiger partial charge on any atom is -0.492 e. The number of nitrogens with two attached hydrogens (primary N) is 1. The molecule has 1 saturated carbocycles. The van der Waals surface area contributed by atoms with Gasteiger partial charge >= 0.3 is 0 Å². The Hall–Kier alpha value is -1.62. The number of halogens is 1. The van der Waals surface area contributed by atoms with Crippen molar-refractivity contribution in [2.45, 2.75) is 19.8 Å². The van der Waals surface area contributed by atoms with Crippen molar-refractivity contribution in [3.63, 3.8) is 0 Å². The van der Waals surface area contributed by atoms with Crippen molar-refractivity contribution in [3.8, 4) is 5.75 Å². The van der Waals surface area contributed by atoms with Crippen molar-refractivity contribution in [1.29, 1.82) is 0 Å². The molecule has 0 unspecified atom stereocenters. The van der Waals surface area contributed by atoms with E-state index in [9.17, 15) is 9.18 Å². The summed E-state index contributed by atoms with van der Waals surface area (Å²) in [7, 11) is 0. The molecule has 0 aliphatic heterocycles. The first-order valence-electron chi connectivity index (χ1n) is 6.05. The molecule has 1 aromatic carbocycles. The van der Waals surface area contributed by atoms with E-state index in [-0.39, 0.29) is 5.91 Å². The minimum atomic E-state index is -0.433. The van der Waals surface area contributed by atoms with E-state index in [1.165, 1.54) is 18.2 Å². The Morgan fingerprint density at radius 1 is 1.56 bits per heavy atom. The molecule has 2 rings (SSSR count). The molecule has 4 nitrogen and oxygen atoms in total. The molecule has 0 saturated heterocycles. The lowest BCUT2D eigenvalue weighted by molar-refractivity contribution is -0.120. The summed E-state index contributed by atoms with van der Waals surface area (Å²) < 4.78 is 18.4. The predicted molar refractivity (Wildman–Crippen MR) is 66.9 cm³/mol. The fourth-order valence-corrected chi connectivity index (χ4v) is 1.80. The second-order valence-electron chi connectivity index (χ2n) is 4.51. The van der Waals surface area contributed by atoms with Crippen LogP contribution in [0.3, 0.4) is 0 Å². The molecule has 3 N–H and O–H groups in total. The van der Waals surface area contributed by atoms with Gasteiger partial charge in [-0.2, -0.15) is 0 Å². The molecular weight excluding hydrogens is 235 g/mol. The molecule has 18 heavy (non-hydrogen) atoms. The van der Waals surface area contributed by atoms with E-state index in [0.29, 0.717) is 24.6 Å². The van der Waals surface area contributed by atoms with E-state index in [4.69, 9.17) is 10.5 Å². The Labute approximate surface area is 105 Å². The molecule has 1 aliphatic rings. The maximum atomic E-state index is 13.1. The Balaban J connectivity index is 2.15. The lowest BCUT2D eigenvalue weighted by Gasteiger charge is -2.15. The molecule has 1 fully saturated rings. The topological polar surface area (TPSA) is 64.3 Å². The third kappa shape index (κ3) is 2.46. The van der Waals surface area contributed by atoms with Crippen molar-refractivity contribution in [1.82, 2.24) is 0 Å². The van der Waals surface area contributed by atoms with Crippen molar-refractivity contribution >= 4 is 11.6 Å². The standard InChI is InChI=1S/C13H17FN2O2/c1-2-18-11-7-9(14)3-4-10(11)16-12(17)13(8-15)5-6-13/h3-4,7H,2,5-6,8,15H2,1H3,(H,16,17). The monoisotopic (exact) mass is 252 g/mol. The molecule has 1 amide bonds. The summed E-state index contributed by atoms with van der Waals surface area (Å²) in [6.45, 7) is 2.55. The summed E-state index contributed by atoms with van der Waals surface area (Å²) in [5.41, 5.74) is 5.65. The quantitative estimate of drug-likeness (QED) is 0.841. The summed E-state index contributed by atoms with van der Waals surface area (Å²) in [5, 5.41) is 2.77. The van der Waals surface area contributed by atoms with Gasteiger partial charge in [0.25, 0.3) is 0 Å². The van der Waals surface area contributed by atoms with Crippen LogP contribution in [-0.4, -0.2) is 19.1 Å². The Bertz CT molecular complexity index is 458. The van der Waals surface area contributed by atoms with Crippen LogP contribution in [0.25, 0.3) is 0 Å². The number of hydrogen-bond acceptors (Lipinski definition) is 3. The maximum Gasteiger partial charge on any atom is 0.231 e. The highest BCUT2D eigenvalue weighted by molar-refractivity contribution is 5.98. The molecule has 1 aromatic rings. The summed E-state index contributed by atoms with van der Waals surface area (Å²) in [5.74, 6) is -0.160. The Morgan fingerprint density at radius 3 is 2.83 bits per heavy atom. The zero-order valence-corrected chi connectivity index (χ0v) is 10.3. The molecule has 0 spiro atoms. The third-order valence-corrected chi connectivity index (χ3v) is 3.22. The summed E-state index contributed by atoms with van der Waals surface area (Å²) in [6.07, 6.45) is 1.61. The van der Waals surface area contributed by atoms with Gasteiger partial charge < -0.3 is 15.8 Å². The number of rotatable bonds is 5. The second kappa shape index (κ2) is 4.94. The molecule has 98 valence electrons. The van der Waals surface area contributed by atoms with E-state index in [0.717, 1.165) is 12.8 Å². The lowest BCUT2D eigenvalue weighted by Crippen LogP contribution is -2.31. The number of ether oxygens (including phenoxy) is 1. The van der Waals surface area contributed by atoms with Crippen LogP contribution < -0.4 is 15.8 Å². The Morgan fingerprint density at radius 2 is 2.28 bits per heavy atom. The van der Waals surface area contributed by atoms with Crippen LogP contribution in [0.5, 0.6) is 5.75 Å². The van der Waals surface area contributed by atoms with Crippen LogP contribution in [0.15, 0.2) is 18.2 Å². The van der Waals surface area contributed by atoms with Crippen LogP contribution in [0.1, 0.15) is 19.8 Å². The number of carbonyl (C=O) groups is 1. The van der Waals surface area contributed by atoms with Gasteiger partial charge in [-0.1, -0.05) is 0 Å². The number of benzene rings is 1. The normalized spacial score (nSPS) is 16.2. The number of hydrogen-bond donors (Lipinski definition) is 2. The first-order valence-corrected chi connectivity index (χ1v) is 6.05. The van der Waals surface area contributed by atoms with Crippen LogP contribution in [0, 0.1) is 11.2 Å². The van der Waals surface area contributed by atoms with Gasteiger partial charge in [-0.15, -0.1) is 0 Å². The molecule has 1 aliphatic carbocycles. The largest absolute Gasteiger partial charge is 0.492 e. The smallest absolute Gasteiger partial charge is 0.231 e. The molecule has 0 aromatic heterocycles. The third-order valence-electron chi connectivity index (χ3n) is 3.22. The molecule has 5 heteroatoms. The molecule has 0 radical (unpaired) electrons. The van der Waals surface area contributed by atoms with Gasteiger partial charge in [0.15, 0.2) is 0 Å². The zero-order valence-electron chi connectivity index (χ0n) is 10.3. The SMILES string of the molecule is CCOc1cc(F)ccc1NC(=O)C1(CN)CC1. The summed E-state index contributed by atoms with van der Waals surface area (Å²) in [4.78, 5) is 12.0. The molecule has 0 atom stereocenters. The number of nitrogens with one attached hydrogen (secondary N) is 1. The van der Waals surface area contributed by atoms with Gasteiger partial charge in [-0.25, -0.2) is 4.39 Å². The first-order chi connectivity index (χ1) is 8.61.